The molecule has 0 fully saturated rings. The van der Waals surface area contributed by atoms with Crippen molar-refractivity contribution in [3.63, 3.8) is 0 Å². The number of aromatic nitrogens is 1. The van der Waals surface area contributed by atoms with Crippen molar-refractivity contribution in [2.45, 2.75) is 25.9 Å². The molecule has 0 saturated heterocycles. The molecule has 1 rings (SSSR count). The molecule has 0 aromatic carbocycles. The van der Waals surface area contributed by atoms with Crippen LogP contribution in [0.1, 0.15) is 31.4 Å². The molecule has 1 N–H and O–H groups in total. The molecule has 0 aliphatic heterocycles. The molecular formula is C11H16ClNO3. The second-order valence-corrected chi connectivity index (χ2v) is 3.79. The van der Waals surface area contributed by atoms with Crippen LogP contribution < -0.4 is 4.74 Å². The summed E-state index contributed by atoms with van der Waals surface area (Å²) < 4.78 is 10.1. The van der Waals surface area contributed by atoms with Gasteiger partial charge in [-0.15, -0.1) is 0 Å². The molecule has 90 valence electrons. The fourth-order valence-electron chi connectivity index (χ4n) is 1.36. The highest BCUT2D eigenvalue weighted by atomic mass is 35.5. The fraction of sp³-hybridized carbons (Fsp3) is 0.545. The van der Waals surface area contributed by atoms with Crippen LogP contribution in [0.5, 0.6) is 5.75 Å². The third kappa shape index (κ3) is 3.63. The van der Waals surface area contributed by atoms with Gasteiger partial charge >= 0.3 is 0 Å². The molecule has 1 atom stereocenters. The van der Waals surface area contributed by atoms with Crippen LogP contribution in [0.3, 0.4) is 0 Å². The van der Waals surface area contributed by atoms with E-state index in [1.807, 2.05) is 6.92 Å². The van der Waals surface area contributed by atoms with Gasteiger partial charge in [0, 0.05) is 12.7 Å². The maximum Gasteiger partial charge on any atom is 0.188 e. The average molecular weight is 246 g/mol. The standard InChI is InChI=1S/C11H16ClNO3/c1-3-4-9(14)8-5-11(12)13-6-10(8)16-7-15-2/h5-6,9,14H,3-4,7H2,1-2H3. The van der Waals surface area contributed by atoms with Crippen molar-refractivity contribution in [3.05, 3.63) is 23.0 Å². The van der Waals surface area contributed by atoms with Crippen LogP contribution in [-0.2, 0) is 4.74 Å². The number of rotatable bonds is 6. The number of aliphatic hydroxyl groups excluding tert-OH is 1. The first kappa shape index (κ1) is 13.2. The summed E-state index contributed by atoms with van der Waals surface area (Å²) in [6.07, 6.45) is 2.45. The van der Waals surface area contributed by atoms with Gasteiger partial charge in [-0.3, -0.25) is 0 Å². The summed E-state index contributed by atoms with van der Waals surface area (Å²) in [7, 11) is 1.53. The van der Waals surface area contributed by atoms with Gasteiger partial charge in [-0.2, -0.15) is 0 Å². The number of halogens is 1. The molecule has 0 saturated carbocycles. The maximum atomic E-state index is 9.92. The predicted octanol–water partition coefficient (Wildman–Crippen LogP) is 2.55. The Balaban J connectivity index is 2.88. The minimum Gasteiger partial charge on any atom is -0.466 e. The molecule has 5 heteroatoms. The SMILES string of the molecule is CCCC(O)c1cc(Cl)ncc1OCOC. The summed E-state index contributed by atoms with van der Waals surface area (Å²) >= 11 is 5.79. The Bertz CT molecular complexity index is 333. The van der Waals surface area contributed by atoms with E-state index in [1.165, 1.54) is 13.3 Å². The summed E-state index contributed by atoms with van der Waals surface area (Å²) in [6.45, 7) is 2.12. The van der Waals surface area contributed by atoms with Gasteiger partial charge in [0.2, 0.25) is 0 Å². The number of pyridine rings is 1. The molecule has 0 aliphatic carbocycles. The third-order valence-electron chi connectivity index (χ3n) is 2.12. The van der Waals surface area contributed by atoms with Gasteiger partial charge in [-0.05, 0) is 12.5 Å². The van der Waals surface area contributed by atoms with Crippen LogP contribution >= 0.6 is 11.6 Å². The highest BCUT2D eigenvalue weighted by Crippen LogP contribution is 2.29. The second-order valence-electron chi connectivity index (χ2n) is 3.40. The molecule has 1 heterocycles. The molecule has 1 aromatic heterocycles. The van der Waals surface area contributed by atoms with E-state index in [1.54, 1.807) is 6.07 Å². The number of nitrogens with zero attached hydrogens (tertiary/aromatic N) is 1. The van der Waals surface area contributed by atoms with Crippen LogP contribution in [-0.4, -0.2) is 24.0 Å². The molecule has 0 aliphatic rings. The minimum absolute atomic E-state index is 0.120. The van der Waals surface area contributed by atoms with E-state index in [2.05, 4.69) is 4.98 Å². The highest BCUT2D eigenvalue weighted by molar-refractivity contribution is 6.29. The third-order valence-corrected chi connectivity index (χ3v) is 2.32. The predicted molar refractivity (Wildman–Crippen MR) is 61.6 cm³/mol. The number of aliphatic hydroxyl groups is 1. The number of hydrogen-bond donors (Lipinski definition) is 1. The van der Waals surface area contributed by atoms with Gasteiger partial charge in [-0.1, -0.05) is 24.9 Å². The summed E-state index contributed by atoms with van der Waals surface area (Å²) in [5.74, 6) is 0.507. The zero-order chi connectivity index (χ0) is 12.0. The molecule has 4 nitrogen and oxygen atoms in total. The van der Waals surface area contributed by atoms with Crippen molar-refractivity contribution in [1.29, 1.82) is 0 Å². The monoisotopic (exact) mass is 245 g/mol. The molecular weight excluding hydrogens is 230 g/mol. The van der Waals surface area contributed by atoms with E-state index in [9.17, 15) is 5.11 Å². The quantitative estimate of drug-likeness (QED) is 0.618. The Labute approximate surface area is 100 Å². The zero-order valence-corrected chi connectivity index (χ0v) is 10.2. The van der Waals surface area contributed by atoms with E-state index in [-0.39, 0.29) is 6.79 Å². The zero-order valence-electron chi connectivity index (χ0n) is 9.44. The second kappa shape index (κ2) is 6.68. The lowest BCUT2D eigenvalue weighted by molar-refractivity contribution is 0.0474. The lowest BCUT2D eigenvalue weighted by Crippen LogP contribution is -2.05. The Hall–Kier alpha value is -0.840. The Morgan fingerprint density at radius 2 is 2.31 bits per heavy atom. The van der Waals surface area contributed by atoms with Crippen LogP contribution in [0.15, 0.2) is 12.3 Å². The molecule has 16 heavy (non-hydrogen) atoms. The first-order valence-electron chi connectivity index (χ1n) is 5.14. The van der Waals surface area contributed by atoms with E-state index < -0.39 is 6.10 Å². The smallest absolute Gasteiger partial charge is 0.188 e. The van der Waals surface area contributed by atoms with E-state index in [4.69, 9.17) is 21.1 Å². The van der Waals surface area contributed by atoms with E-state index >= 15 is 0 Å². The van der Waals surface area contributed by atoms with Crippen molar-refractivity contribution >= 4 is 11.6 Å². The molecule has 1 aromatic rings. The number of methoxy groups -OCH3 is 1. The lowest BCUT2D eigenvalue weighted by atomic mass is 10.1. The van der Waals surface area contributed by atoms with Gasteiger partial charge in [0.05, 0.1) is 12.3 Å². The normalized spacial score (nSPS) is 12.5. The van der Waals surface area contributed by atoms with Crippen LogP contribution in [0.4, 0.5) is 0 Å². The van der Waals surface area contributed by atoms with Crippen LogP contribution in [0.25, 0.3) is 0 Å². The van der Waals surface area contributed by atoms with E-state index in [0.717, 1.165) is 6.42 Å². The lowest BCUT2D eigenvalue weighted by Gasteiger charge is -2.15. The van der Waals surface area contributed by atoms with Crippen LogP contribution in [0, 0.1) is 0 Å². The van der Waals surface area contributed by atoms with Crippen molar-refractivity contribution in [2.75, 3.05) is 13.9 Å². The Morgan fingerprint density at radius 1 is 1.56 bits per heavy atom. The maximum absolute atomic E-state index is 9.92. The topological polar surface area (TPSA) is 51.6 Å². The van der Waals surface area contributed by atoms with Crippen molar-refractivity contribution in [1.82, 2.24) is 4.98 Å². The summed E-state index contributed by atoms with van der Waals surface area (Å²) in [5.41, 5.74) is 0.652. The minimum atomic E-state index is -0.586. The Morgan fingerprint density at radius 3 is 2.94 bits per heavy atom. The van der Waals surface area contributed by atoms with Gasteiger partial charge in [0.25, 0.3) is 0 Å². The van der Waals surface area contributed by atoms with Gasteiger partial charge in [0.1, 0.15) is 10.9 Å². The van der Waals surface area contributed by atoms with Gasteiger partial charge in [0.15, 0.2) is 6.79 Å². The summed E-state index contributed by atoms with van der Waals surface area (Å²) in [6, 6.07) is 1.62. The van der Waals surface area contributed by atoms with Gasteiger partial charge < -0.3 is 14.6 Å². The largest absolute Gasteiger partial charge is 0.466 e. The van der Waals surface area contributed by atoms with Crippen molar-refractivity contribution < 1.29 is 14.6 Å². The highest BCUT2D eigenvalue weighted by Gasteiger charge is 2.14. The van der Waals surface area contributed by atoms with Crippen LogP contribution in [0.2, 0.25) is 5.15 Å². The molecule has 0 bridgehead atoms. The number of hydrogen-bond acceptors (Lipinski definition) is 4. The molecule has 0 radical (unpaired) electrons. The summed E-state index contributed by atoms with van der Waals surface area (Å²) in [5, 5.41) is 10.3. The average Bonchev–Trinajstić information content (AvgIpc) is 2.27. The van der Waals surface area contributed by atoms with Gasteiger partial charge in [-0.25, -0.2) is 4.98 Å². The molecule has 1 unspecified atom stereocenters. The molecule has 0 spiro atoms. The van der Waals surface area contributed by atoms with Crippen molar-refractivity contribution in [3.8, 4) is 5.75 Å². The first-order valence-corrected chi connectivity index (χ1v) is 5.52. The Kier molecular flexibility index (Phi) is 5.52. The number of ether oxygens (including phenoxy) is 2. The molecule has 0 amide bonds. The van der Waals surface area contributed by atoms with Crippen molar-refractivity contribution in [2.24, 2.45) is 0 Å². The first-order chi connectivity index (χ1) is 7.69. The van der Waals surface area contributed by atoms with E-state index in [0.29, 0.717) is 22.9 Å². The summed E-state index contributed by atoms with van der Waals surface area (Å²) in [4.78, 5) is 3.91. The fourth-order valence-corrected chi connectivity index (χ4v) is 1.53.